The first-order valence-electron chi connectivity index (χ1n) is 7.89. The minimum atomic E-state index is -4.66. The fourth-order valence-electron chi connectivity index (χ4n) is 2.35. The van der Waals surface area contributed by atoms with Crippen LogP contribution in [0.1, 0.15) is 0 Å². The van der Waals surface area contributed by atoms with E-state index in [0.717, 1.165) is 12.1 Å². The summed E-state index contributed by atoms with van der Waals surface area (Å²) in [6, 6.07) is 11.8. The number of alkyl halides is 3. The van der Waals surface area contributed by atoms with Gasteiger partial charge in [-0.2, -0.15) is 13.2 Å². The number of para-hydroxylation sites is 1. The molecule has 0 saturated heterocycles. The number of sulfonamides is 1. The zero-order valence-electron chi connectivity index (χ0n) is 14.1. The molecule has 2 aromatic carbocycles. The summed E-state index contributed by atoms with van der Waals surface area (Å²) in [5.74, 6) is -0.429. The molecular formula is C16H14F3N5O3S. The van der Waals surface area contributed by atoms with Crippen LogP contribution in [-0.2, 0) is 21.4 Å². The topological polar surface area (TPSA) is 106 Å². The van der Waals surface area contributed by atoms with Crippen molar-refractivity contribution in [2.24, 2.45) is 0 Å². The van der Waals surface area contributed by atoms with Crippen LogP contribution in [0, 0.1) is 0 Å². The molecule has 3 rings (SSSR count). The van der Waals surface area contributed by atoms with E-state index in [0.29, 0.717) is 11.0 Å². The molecule has 148 valence electrons. The Bertz CT molecular complexity index is 1090. The highest BCUT2D eigenvalue weighted by Crippen LogP contribution is 2.17. The predicted octanol–water partition coefficient (Wildman–Crippen LogP) is 1.91. The Balaban J connectivity index is 1.64. The van der Waals surface area contributed by atoms with Gasteiger partial charge in [0, 0.05) is 5.69 Å². The molecule has 1 amide bonds. The van der Waals surface area contributed by atoms with Crippen LogP contribution in [0.3, 0.4) is 0 Å². The molecule has 0 saturated carbocycles. The predicted molar refractivity (Wildman–Crippen MR) is 93.8 cm³/mol. The number of hydrogen-bond acceptors (Lipinski definition) is 5. The molecule has 1 heterocycles. The van der Waals surface area contributed by atoms with Crippen LogP contribution >= 0.6 is 0 Å². The summed E-state index contributed by atoms with van der Waals surface area (Å²) in [4.78, 5) is 11.8. The first-order valence-corrected chi connectivity index (χ1v) is 9.37. The molecule has 0 unspecified atom stereocenters. The normalized spacial score (nSPS) is 12.2. The number of carbonyl (C=O) groups is 1. The summed E-state index contributed by atoms with van der Waals surface area (Å²) in [6.07, 6.45) is -4.66. The number of hydrogen-bond donors (Lipinski definition) is 2. The van der Waals surface area contributed by atoms with Gasteiger partial charge < -0.3 is 5.32 Å². The summed E-state index contributed by atoms with van der Waals surface area (Å²) < 4.78 is 63.1. The lowest BCUT2D eigenvalue weighted by Crippen LogP contribution is -2.33. The van der Waals surface area contributed by atoms with Crippen LogP contribution < -0.4 is 10.0 Å². The SMILES string of the molecule is O=C(Cn1nnc2ccccc21)Nc1ccc(S(=O)(=O)NCC(F)(F)F)cc1. The third kappa shape index (κ3) is 4.84. The van der Waals surface area contributed by atoms with Gasteiger partial charge in [0.15, 0.2) is 0 Å². The van der Waals surface area contributed by atoms with E-state index < -0.39 is 28.7 Å². The van der Waals surface area contributed by atoms with Crippen LogP contribution in [0.2, 0.25) is 0 Å². The molecule has 0 aliphatic heterocycles. The third-order valence-electron chi connectivity index (χ3n) is 3.62. The molecule has 0 radical (unpaired) electrons. The number of amides is 1. The maximum absolute atomic E-state index is 12.2. The fourth-order valence-corrected chi connectivity index (χ4v) is 3.36. The van der Waals surface area contributed by atoms with Crippen LogP contribution in [0.25, 0.3) is 11.0 Å². The Labute approximate surface area is 157 Å². The van der Waals surface area contributed by atoms with E-state index in [1.807, 2.05) is 0 Å². The van der Waals surface area contributed by atoms with Gasteiger partial charge in [0.25, 0.3) is 0 Å². The quantitative estimate of drug-likeness (QED) is 0.642. The molecular weight excluding hydrogens is 399 g/mol. The standard InChI is InChI=1S/C16H14F3N5O3S/c17-16(18,19)10-20-28(26,27)12-7-5-11(6-8-12)21-15(25)9-24-14-4-2-1-3-13(14)22-23-24/h1-8,20H,9-10H2,(H,21,25). The molecule has 0 spiro atoms. The van der Waals surface area contributed by atoms with Gasteiger partial charge in [0.1, 0.15) is 18.6 Å². The Morgan fingerprint density at radius 3 is 2.43 bits per heavy atom. The monoisotopic (exact) mass is 413 g/mol. The number of aromatic nitrogens is 3. The smallest absolute Gasteiger partial charge is 0.324 e. The van der Waals surface area contributed by atoms with Gasteiger partial charge in [0.05, 0.1) is 10.4 Å². The Kier molecular flexibility index (Phi) is 5.34. The Morgan fingerprint density at radius 2 is 1.75 bits per heavy atom. The first-order chi connectivity index (χ1) is 13.1. The average molecular weight is 413 g/mol. The lowest BCUT2D eigenvalue weighted by Gasteiger charge is -2.10. The number of fused-ring (bicyclic) bond motifs is 1. The van der Waals surface area contributed by atoms with Crippen molar-refractivity contribution in [1.29, 1.82) is 0 Å². The molecule has 28 heavy (non-hydrogen) atoms. The minimum absolute atomic E-state index is 0.117. The molecule has 0 bridgehead atoms. The van der Waals surface area contributed by atoms with E-state index in [4.69, 9.17) is 0 Å². The van der Waals surface area contributed by atoms with Crippen molar-refractivity contribution in [3.8, 4) is 0 Å². The molecule has 12 heteroatoms. The van der Waals surface area contributed by atoms with E-state index >= 15 is 0 Å². The van der Waals surface area contributed by atoms with Gasteiger partial charge in [-0.25, -0.2) is 17.8 Å². The van der Waals surface area contributed by atoms with Gasteiger partial charge in [-0.1, -0.05) is 17.3 Å². The molecule has 0 atom stereocenters. The minimum Gasteiger partial charge on any atom is -0.324 e. The third-order valence-corrected chi connectivity index (χ3v) is 5.04. The zero-order chi connectivity index (χ0) is 20.4. The highest BCUT2D eigenvalue weighted by molar-refractivity contribution is 7.89. The van der Waals surface area contributed by atoms with Gasteiger partial charge in [-0.15, -0.1) is 5.10 Å². The van der Waals surface area contributed by atoms with Crippen LogP contribution in [0.5, 0.6) is 0 Å². The van der Waals surface area contributed by atoms with E-state index in [1.54, 1.807) is 24.3 Å². The summed E-state index contributed by atoms with van der Waals surface area (Å²) in [5, 5.41) is 10.4. The molecule has 0 aliphatic carbocycles. The highest BCUT2D eigenvalue weighted by Gasteiger charge is 2.30. The second kappa shape index (κ2) is 7.56. The van der Waals surface area contributed by atoms with Crippen LogP contribution in [-0.4, -0.2) is 42.0 Å². The molecule has 1 aromatic heterocycles. The van der Waals surface area contributed by atoms with E-state index in [1.165, 1.54) is 21.5 Å². The van der Waals surface area contributed by atoms with Crippen molar-refractivity contribution in [1.82, 2.24) is 19.7 Å². The number of nitrogens with zero attached hydrogens (tertiary/aromatic N) is 3. The molecule has 8 nitrogen and oxygen atoms in total. The second-order valence-corrected chi connectivity index (χ2v) is 7.52. The van der Waals surface area contributed by atoms with Gasteiger partial charge in [0.2, 0.25) is 15.9 Å². The number of benzene rings is 2. The molecule has 2 N–H and O–H groups in total. The fraction of sp³-hybridized carbons (Fsp3) is 0.188. The number of rotatable bonds is 6. The number of halogens is 3. The van der Waals surface area contributed by atoms with Gasteiger partial charge in [-0.3, -0.25) is 4.79 Å². The molecule has 0 aliphatic rings. The van der Waals surface area contributed by atoms with Crippen molar-refractivity contribution >= 4 is 32.7 Å². The summed E-state index contributed by atoms with van der Waals surface area (Å²) in [7, 11) is -4.31. The van der Waals surface area contributed by atoms with E-state index in [2.05, 4.69) is 15.6 Å². The lowest BCUT2D eigenvalue weighted by atomic mass is 10.3. The van der Waals surface area contributed by atoms with Crippen molar-refractivity contribution in [3.05, 3.63) is 48.5 Å². The largest absolute Gasteiger partial charge is 0.402 e. The number of nitrogens with one attached hydrogen (secondary N) is 2. The second-order valence-electron chi connectivity index (χ2n) is 5.75. The highest BCUT2D eigenvalue weighted by atomic mass is 32.2. The lowest BCUT2D eigenvalue weighted by molar-refractivity contribution is -0.121. The van der Waals surface area contributed by atoms with Crippen molar-refractivity contribution in [3.63, 3.8) is 0 Å². The number of carbonyl (C=O) groups excluding carboxylic acids is 1. The van der Waals surface area contributed by atoms with Gasteiger partial charge in [-0.05, 0) is 36.4 Å². The summed E-state index contributed by atoms with van der Waals surface area (Å²) >= 11 is 0. The van der Waals surface area contributed by atoms with Crippen LogP contribution in [0.15, 0.2) is 53.4 Å². The van der Waals surface area contributed by atoms with Crippen molar-refractivity contribution in [2.45, 2.75) is 17.6 Å². The van der Waals surface area contributed by atoms with Crippen molar-refractivity contribution in [2.75, 3.05) is 11.9 Å². The zero-order valence-corrected chi connectivity index (χ0v) is 15.0. The molecule has 3 aromatic rings. The maximum atomic E-state index is 12.2. The van der Waals surface area contributed by atoms with Crippen LogP contribution in [0.4, 0.5) is 18.9 Å². The van der Waals surface area contributed by atoms with Crippen molar-refractivity contribution < 1.29 is 26.4 Å². The van der Waals surface area contributed by atoms with Gasteiger partial charge >= 0.3 is 6.18 Å². The summed E-state index contributed by atoms with van der Waals surface area (Å²) in [6.45, 7) is -1.78. The summed E-state index contributed by atoms with van der Waals surface area (Å²) in [5.41, 5.74) is 1.59. The Morgan fingerprint density at radius 1 is 1.07 bits per heavy atom. The first kappa shape index (κ1) is 19.8. The molecule has 0 fully saturated rings. The van der Waals surface area contributed by atoms with E-state index in [-0.39, 0.29) is 17.1 Å². The Hall–Kier alpha value is -2.99. The van der Waals surface area contributed by atoms with E-state index in [9.17, 15) is 26.4 Å². The number of anilines is 1. The maximum Gasteiger partial charge on any atom is 0.402 e. The average Bonchev–Trinajstić information content (AvgIpc) is 3.03.